The quantitative estimate of drug-likeness (QED) is 0.522. The number of carbonyl (C=O) groups excluding carboxylic acids is 1. The highest BCUT2D eigenvalue weighted by molar-refractivity contribution is 7.92. The van der Waals surface area contributed by atoms with Crippen LogP contribution in [-0.4, -0.2) is 20.9 Å². The summed E-state index contributed by atoms with van der Waals surface area (Å²) in [5.74, 6) is -0.324. The molecule has 0 fully saturated rings. The predicted molar refractivity (Wildman–Crippen MR) is 126 cm³/mol. The van der Waals surface area contributed by atoms with Crippen LogP contribution in [0.5, 0.6) is 0 Å². The Morgan fingerprint density at radius 1 is 0.839 bits per heavy atom. The molecule has 0 aliphatic heterocycles. The molecule has 31 heavy (non-hydrogen) atoms. The van der Waals surface area contributed by atoms with Crippen molar-refractivity contribution in [1.29, 1.82) is 0 Å². The van der Waals surface area contributed by atoms with E-state index >= 15 is 0 Å². The van der Waals surface area contributed by atoms with E-state index in [1.54, 1.807) is 43.3 Å². The van der Waals surface area contributed by atoms with E-state index in [-0.39, 0.29) is 17.3 Å². The fourth-order valence-electron chi connectivity index (χ4n) is 3.60. The summed E-state index contributed by atoms with van der Waals surface area (Å²) in [6, 6.07) is 21.1. The molecule has 0 aliphatic rings. The van der Waals surface area contributed by atoms with Crippen molar-refractivity contribution in [1.82, 2.24) is 0 Å². The van der Waals surface area contributed by atoms with Gasteiger partial charge in [0.1, 0.15) is 0 Å². The molecule has 3 aromatic rings. The summed E-state index contributed by atoms with van der Waals surface area (Å²) in [6.07, 6.45) is 1.58. The first-order valence-corrected chi connectivity index (χ1v) is 12.0. The number of benzene rings is 3. The van der Waals surface area contributed by atoms with Gasteiger partial charge in [-0.15, -0.1) is 0 Å². The molecule has 0 radical (unpaired) electrons. The van der Waals surface area contributed by atoms with Crippen molar-refractivity contribution in [2.45, 2.75) is 38.5 Å². The lowest BCUT2D eigenvalue weighted by atomic mass is 10.0. The average molecular weight is 437 g/mol. The second-order valence-corrected chi connectivity index (χ2v) is 9.01. The number of amides is 1. The van der Waals surface area contributed by atoms with Gasteiger partial charge in [-0.25, -0.2) is 8.42 Å². The SMILES string of the molecule is CCc1cccc(CC)c1NC(=O)c1cccc(S(=O)(=O)N(CC)c2ccccc2)c1. The molecular formula is C25H28N2O3S. The highest BCUT2D eigenvalue weighted by atomic mass is 32.2. The van der Waals surface area contributed by atoms with Crippen molar-refractivity contribution in [2.24, 2.45) is 0 Å². The molecule has 1 amide bonds. The molecule has 3 aromatic carbocycles. The molecule has 0 aromatic heterocycles. The van der Waals surface area contributed by atoms with Crippen molar-refractivity contribution >= 4 is 27.3 Å². The highest BCUT2D eigenvalue weighted by Gasteiger charge is 2.24. The van der Waals surface area contributed by atoms with Gasteiger partial charge in [0.25, 0.3) is 15.9 Å². The summed E-state index contributed by atoms with van der Waals surface area (Å²) < 4.78 is 27.9. The summed E-state index contributed by atoms with van der Waals surface area (Å²) in [4.78, 5) is 13.1. The van der Waals surface area contributed by atoms with Gasteiger partial charge >= 0.3 is 0 Å². The Kier molecular flexibility index (Phi) is 7.13. The third-order valence-electron chi connectivity index (χ3n) is 5.25. The summed E-state index contributed by atoms with van der Waals surface area (Å²) in [5.41, 5.74) is 3.81. The number of nitrogens with one attached hydrogen (secondary N) is 1. The largest absolute Gasteiger partial charge is 0.321 e. The number of sulfonamides is 1. The number of rotatable bonds is 8. The van der Waals surface area contributed by atoms with Crippen LogP contribution in [0.15, 0.2) is 77.7 Å². The summed E-state index contributed by atoms with van der Waals surface area (Å²) in [5, 5.41) is 3.00. The third-order valence-corrected chi connectivity index (χ3v) is 7.15. The van der Waals surface area contributed by atoms with E-state index in [2.05, 4.69) is 5.32 Å². The first kappa shape index (κ1) is 22.6. The minimum atomic E-state index is -3.81. The van der Waals surface area contributed by atoms with Gasteiger partial charge in [0.15, 0.2) is 0 Å². The van der Waals surface area contributed by atoms with Gasteiger partial charge in [-0.2, -0.15) is 0 Å². The van der Waals surface area contributed by atoms with Gasteiger partial charge in [-0.3, -0.25) is 9.10 Å². The Balaban J connectivity index is 1.94. The molecule has 5 nitrogen and oxygen atoms in total. The van der Waals surface area contributed by atoms with Gasteiger partial charge in [0.2, 0.25) is 0 Å². The van der Waals surface area contributed by atoms with Crippen LogP contribution in [0.3, 0.4) is 0 Å². The Bertz CT molecular complexity index is 1140. The maximum Gasteiger partial charge on any atom is 0.264 e. The lowest BCUT2D eigenvalue weighted by Crippen LogP contribution is -2.31. The molecule has 0 heterocycles. The first-order chi connectivity index (χ1) is 14.9. The van der Waals surface area contributed by atoms with E-state index in [1.165, 1.54) is 16.4 Å². The molecular weight excluding hydrogens is 408 g/mol. The molecule has 3 rings (SSSR count). The fraction of sp³-hybridized carbons (Fsp3) is 0.240. The van der Waals surface area contributed by atoms with E-state index in [4.69, 9.17) is 0 Å². The van der Waals surface area contributed by atoms with E-state index in [9.17, 15) is 13.2 Å². The van der Waals surface area contributed by atoms with Crippen molar-refractivity contribution in [2.75, 3.05) is 16.2 Å². The molecule has 162 valence electrons. The third kappa shape index (κ3) is 4.80. The summed E-state index contributed by atoms with van der Waals surface area (Å²) >= 11 is 0. The monoisotopic (exact) mass is 436 g/mol. The van der Waals surface area contributed by atoms with Crippen LogP contribution >= 0.6 is 0 Å². The van der Waals surface area contributed by atoms with Gasteiger partial charge in [-0.05, 0) is 61.2 Å². The first-order valence-electron chi connectivity index (χ1n) is 10.5. The van der Waals surface area contributed by atoms with Crippen molar-refractivity contribution in [3.05, 3.63) is 89.5 Å². The van der Waals surface area contributed by atoms with Gasteiger partial charge in [-0.1, -0.05) is 56.3 Å². The minimum absolute atomic E-state index is 0.0883. The lowest BCUT2D eigenvalue weighted by Gasteiger charge is -2.23. The van der Waals surface area contributed by atoms with E-state index < -0.39 is 10.0 Å². The van der Waals surface area contributed by atoms with Crippen LogP contribution in [0.4, 0.5) is 11.4 Å². The Labute approximate surface area is 184 Å². The highest BCUT2D eigenvalue weighted by Crippen LogP contribution is 2.26. The summed E-state index contributed by atoms with van der Waals surface area (Å²) in [6.45, 7) is 6.16. The van der Waals surface area contributed by atoms with Gasteiger partial charge < -0.3 is 5.32 Å². The summed E-state index contributed by atoms with van der Waals surface area (Å²) in [7, 11) is -3.81. The van der Waals surface area contributed by atoms with Crippen LogP contribution in [0.2, 0.25) is 0 Å². The van der Waals surface area contributed by atoms with Crippen LogP contribution in [0, 0.1) is 0 Å². The smallest absolute Gasteiger partial charge is 0.264 e. The Morgan fingerprint density at radius 2 is 1.45 bits per heavy atom. The number of nitrogens with zero attached hydrogens (tertiary/aromatic N) is 1. The topological polar surface area (TPSA) is 66.5 Å². The van der Waals surface area contributed by atoms with Gasteiger partial charge in [0.05, 0.1) is 10.6 Å². The molecule has 0 saturated heterocycles. The number of carbonyl (C=O) groups is 1. The molecule has 0 aliphatic carbocycles. The second-order valence-electron chi connectivity index (χ2n) is 7.15. The number of hydrogen-bond acceptors (Lipinski definition) is 3. The Morgan fingerprint density at radius 3 is 2.03 bits per heavy atom. The molecule has 0 atom stereocenters. The zero-order valence-electron chi connectivity index (χ0n) is 18.1. The molecule has 6 heteroatoms. The Hall–Kier alpha value is -3.12. The van der Waals surface area contributed by atoms with Crippen LogP contribution in [0.25, 0.3) is 0 Å². The number of para-hydroxylation sites is 2. The fourth-order valence-corrected chi connectivity index (χ4v) is 5.12. The molecule has 0 bridgehead atoms. The van der Waals surface area contributed by atoms with Crippen LogP contribution in [-0.2, 0) is 22.9 Å². The average Bonchev–Trinajstić information content (AvgIpc) is 2.80. The number of aryl methyl sites for hydroxylation is 2. The van der Waals surface area contributed by atoms with Crippen LogP contribution in [0.1, 0.15) is 42.3 Å². The second kappa shape index (κ2) is 9.79. The van der Waals surface area contributed by atoms with E-state index in [0.717, 1.165) is 29.7 Å². The van der Waals surface area contributed by atoms with Crippen molar-refractivity contribution in [3.8, 4) is 0 Å². The zero-order chi connectivity index (χ0) is 22.4. The maximum atomic E-state index is 13.3. The number of anilines is 2. The zero-order valence-corrected chi connectivity index (χ0v) is 18.9. The molecule has 0 saturated carbocycles. The van der Waals surface area contributed by atoms with Gasteiger partial charge in [0, 0.05) is 17.8 Å². The molecule has 0 spiro atoms. The van der Waals surface area contributed by atoms with Crippen molar-refractivity contribution < 1.29 is 13.2 Å². The predicted octanol–water partition coefficient (Wildman–Crippen LogP) is 5.28. The number of hydrogen-bond donors (Lipinski definition) is 1. The van der Waals surface area contributed by atoms with Crippen LogP contribution < -0.4 is 9.62 Å². The van der Waals surface area contributed by atoms with E-state index in [0.29, 0.717) is 11.3 Å². The molecule has 0 unspecified atom stereocenters. The van der Waals surface area contributed by atoms with E-state index in [1.807, 2.05) is 38.1 Å². The lowest BCUT2D eigenvalue weighted by molar-refractivity contribution is 0.102. The minimum Gasteiger partial charge on any atom is -0.321 e. The standard InChI is InChI=1S/C25H28N2O3S/c1-4-19-12-10-13-20(5-2)24(19)26-25(28)21-14-11-17-23(18-21)31(29,30)27(6-3)22-15-8-7-9-16-22/h7-18H,4-6H2,1-3H3,(H,26,28). The van der Waals surface area contributed by atoms with Crippen molar-refractivity contribution in [3.63, 3.8) is 0 Å². The molecule has 1 N–H and O–H groups in total. The normalized spacial score (nSPS) is 11.2. The maximum absolute atomic E-state index is 13.3.